The molecule has 22 heavy (non-hydrogen) atoms. The van der Waals surface area contributed by atoms with Crippen molar-refractivity contribution in [3.8, 4) is 0 Å². The van der Waals surface area contributed by atoms with Crippen LogP contribution in [0.2, 0.25) is 18.6 Å². The molecule has 1 aliphatic rings. The van der Waals surface area contributed by atoms with Crippen LogP contribution in [0, 0.1) is 23.7 Å². The van der Waals surface area contributed by atoms with Crippen LogP contribution < -0.4 is 10.3 Å². The van der Waals surface area contributed by atoms with Crippen molar-refractivity contribution in [2.24, 2.45) is 23.7 Å². The molecule has 4 atom stereocenters. The zero-order valence-electron chi connectivity index (χ0n) is 15.2. The highest BCUT2D eigenvalue weighted by Crippen LogP contribution is 2.52. The second kappa shape index (κ2) is 7.18. The van der Waals surface area contributed by atoms with Gasteiger partial charge >= 0.3 is 0 Å². The van der Waals surface area contributed by atoms with Gasteiger partial charge in [0.1, 0.15) is 8.24 Å². The van der Waals surface area contributed by atoms with Crippen molar-refractivity contribution >= 4 is 13.9 Å². The fourth-order valence-electron chi connectivity index (χ4n) is 4.67. The van der Waals surface area contributed by atoms with Crippen molar-refractivity contribution in [3.63, 3.8) is 0 Å². The summed E-state index contributed by atoms with van der Waals surface area (Å²) in [5.41, 5.74) is 2.10. The number of nitrogens with one attached hydrogen (secondary N) is 2. The maximum absolute atomic E-state index is 3.95. The molecule has 0 amide bonds. The molecule has 2 N–H and O–H groups in total. The molecule has 1 aliphatic carbocycles. The first-order chi connectivity index (χ1) is 10.3. The van der Waals surface area contributed by atoms with Crippen LogP contribution in [0.5, 0.6) is 0 Å². The van der Waals surface area contributed by atoms with Gasteiger partial charge in [-0.3, -0.25) is 0 Å². The zero-order chi connectivity index (χ0) is 16.3. The van der Waals surface area contributed by atoms with E-state index in [1.165, 1.54) is 5.69 Å². The summed E-state index contributed by atoms with van der Waals surface area (Å²) in [5.74, 6) is 3.41. The lowest BCUT2D eigenvalue weighted by atomic mass is 9.92. The molecule has 124 valence electrons. The second-order valence-electron chi connectivity index (χ2n) is 7.90. The number of hydrogen-bond acceptors (Lipinski definition) is 2. The molecule has 0 spiro atoms. The van der Waals surface area contributed by atoms with Crippen LogP contribution >= 0.6 is 0 Å². The number of para-hydroxylation sites is 1. The monoisotopic (exact) mass is 318 g/mol. The molecule has 0 aromatic heterocycles. The molecule has 0 aliphatic heterocycles. The zero-order valence-corrected chi connectivity index (χ0v) is 16.2. The molecular formula is C19H34N2Si. The number of rotatable bonds is 6. The number of benzene rings is 1. The van der Waals surface area contributed by atoms with Crippen molar-refractivity contribution in [2.75, 3.05) is 18.4 Å². The summed E-state index contributed by atoms with van der Waals surface area (Å²) in [4.78, 5) is 3.95. The molecule has 1 saturated carbocycles. The number of anilines is 1. The van der Waals surface area contributed by atoms with Crippen molar-refractivity contribution in [3.05, 3.63) is 30.3 Å². The minimum atomic E-state index is -1.41. The molecule has 0 bridgehead atoms. The standard InChI is InChI=1S/C19H34N2Si/c1-14-15(2)17(4)19(16(14)3)22(5,6)21-13-12-20-18-10-8-7-9-11-18/h7-11,14-17,19-21H,12-13H2,1-6H3. The minimum absolute atomic E-state index is 0.848. The average Bonchev–Trinajstić information content (AvgIpc) is 2.69. The molecule has 0 radical (unpaired) electrons. The SMILES string of the molecule is CC1C(C)C(C)C([Si](C)(C)NCCNc2ccccc2)C1C. The van der Waals surface area contributed by atoms with Gasteiger partial charge in [-0.2, -0.15) is 0 Å². The molecule has 3 heteroatoms. The fraction of sp³-hybridized carbons (Fsp3) is 0.684. The highest BCUT2D eigenvalue weighted by atomic mass is 28.3. The first kappa shape index (κ1) is 17.5. The highest BCUT2D eigenvalue weighted by molar-refractivity contribution is 6.76. The Balaban J connectivity index is 1.86. The largest absolute Gasteiger partial charge is 0.384 e. The van der Waals surface area contributed by atoms with Gasteiger partial charge in [0.2, 0.25) is 0 Å². The summed E-state index contributed by atoms with van der Waals surface area (Å²) >= 11 is 0. The van der Waals surface area contributed by atoms with Gasteiger partial charge in [-0.05, 0) is 41.3 Å². The Morgan fingerprint density at radius 2 is 1.36 bits per heavy atom. The first-order valence-electron chi connectivity index (χ1n) is 8.88. The minimum Gasteiger partial charge on any atom is -0.384 e. The molecule has 1 aromatic rings. The highest BCUT2D eigenvalue weighted by Gasteiger charge is 2.49. The third-order valence-electron chi connectivity index (χ3n) is 6.26. The van der Waals surface area contributed by atoms with Crippen LogP contribution in [0.15, 0.2) is 30.3 Å². The van der Waals surface area contributed by atoms with E-state index < -0.39 is 8.24 Å². The third kappa shape index (κ3) is 3.75. The Bertz CT molecular complexity index is 446. The van der Waals surface area contributed by atoms with Gasteiger partial charge in [0, 0.05) is 18.8 Å². The molecule has 4 unspecified atom stereocenters. The summed E-state index contributed by atoms with van der Waals surface area (Å²) in [6.45, 7) is 17.0. The van der Waals surface area contributed by atoms with Crippen molar-refractivity contribution in [2.45, 2.75) is 46.3 Å². The summed E-state index contributed by atoms with van der Waals surface area (Å²) in [6, 6.07) is 10.5. The van der Waals surface area contributed by atoms with Gasteiger partial charge < -0.3 is 10.3 Å². The van der Waals surface area contributed by atoms with E-state index >= 15 is 0 Å². The molecule has 1 aromatic carbocycles. The molecule has 1 fully saturated rings. The fourth-order valence-corrected chi connectivity index (χ4v) is 8.91. The lowest BCUT2D eigenvalue weighted by Crippen LogP contribution is -2.52. The van der Waals surface area contributed by atoms with Crippen LogP contribution in [-0.2, 0) is 0 Å². The van der Waals surface area contributed by atoms with E-state index in [4.69, 9.17) is 0 Å². The third-order valence-corrected chi connectivity index (χ3v) is 10.1. The van der Waals surface area contributed by atoms with E-state index in [0.29, 0.717) is 0 Å². The smallest absolute Gasteiger partial charge is 0.123 e. The van der Waals surface area contributed by atoms with Gasteiger partial charge in [-0.25, -0.2) is 0 Å². The van der Waals surface area contributed by atoms with Crippen molar-refractivity contribution in [1.29, 1.82) is 0 Å². The Kier molecular flexibility index (Phi) is 5.73. The van der Waals surface area contributed by atoms with Gasteiger partial charge in [0.15, 0.2) is 0 Å². The Labute approximate surface area is 138 Å². The molecular weight excluding hydrogens is 284 g/mol. The van der Waals surface area contributed by atoms with Gasteiger partial charge in [-0.15, -0.1) is 0 Å². The summed E-state index contributed by atoms with van der Waals surface area (Å²) in [5, 5.41) is 3.51. The molecule has 0 saturated heterocycles. The number of hydrogen-bond donors (Lipinski definition) is 2. The Morgan fingerprint density at radius 3 is 1.91 bits per heavy atom. The van der Waals surface area contributed by atoms with Gasteiger partial charge in [0.05, 0.1) is 0 Å². The van der Waals surface area contributed by atoms with Gasteiger partial charge in [0.25, 0.3) is 0 Å². The van der Waals surface area contributed by atoms with Gasteiger partial charge in [-0.1, -0.05) is 59.0 Å². The van der Waals surface area contributed by atoms with Crippen LogP contribution in [0.25, 0.3) is 0 Å². The summed E-state index contributed by atoms with van der Waals surface area (Å²) in [6.07, 6.45) is 0. The van der Waals surface area contributed by atoms with E-state index in [-0.39, 0.29) is 0 Å². The van der Waals surface area contributed by atoms with E-state index in [0.717, 1.165) is 42.3 Å². The van der Waals surface area contributed by atoms with E-state index in [1.807, 2.05) is 0 Å². The van der Waals surface area contributed by atoms with Crippen molar-refractivity contribution < 1.29 is 0 Å². The maximum Gasteiger partial charge on any atom is 0.123 e. The lowest BCUT2D eigenvalue weighted by molar-refractivity contribution is 0.352. The summed E-state index contributed by atoms with van der Waals surface area (Å²) in [7, 11) is -1.41. The van der Waals surface area contributed by atoms with Crippen LogP contribution in [0.4, 0.5) is 5.69 Å². The lowest BCUT2D eigenvalue weighted by Gasteiger charge is -2.37. The quantitative estimate of drug-likeness (QED) is 0.580. The van der Waals surface area contributed by atoms with E-state index in [2.05, 4.69) is 81.4 Å². The first-order valence-corrected chi connectivity index (χ1v) is 12.0. The predicted octanol–water partition coefficient (Wildman–Crippen LogP) is 4.82. The van der Waals surface area contributed by atoms with E-state index in [1.54, 1.807) is 0 Å². The Morgan fingerprint density at radius 1 is 0.818 bits per heavy atom. The predicted molar refractivity (Wildman–Crippen MR) is 101 cm³/mol. The Hall–Kier alpha value is -0.803. The van der Waals surface area contributed by atoms with E-state index in [9.17, 15) is 0 Å². The molecule has 2 rings (SSSR count). The maximum atomic E-state index is 3.95. The van der Waals surface area contributed by atoms with Crippen LogP contribution in [-0.4, -0.2) is 21.3 Å². The second-order valence-corrected chi connectivity index (χ2v) is 12.4. The normalized spacial score (nSPS) is 32.2. The average molecular weight is 319 g/mol. The van der Waals surface area contributed by atoms with Crippen LogP contribution in [0.3, 0.4) is 0 Å². The molecule has 2 nitrogen and oxygen atoms in total. The summed E-state index contributed by atoms with van der Waals surface area (Å²) < 4.78 is 0. The molecule has 0 heterocycles. The van der Waals surface area contributed by atoms with Crippen LogP contribution in [0.1, 0.15) is 27.7 Å². The topological polar surface area (TPSA) is 24.1 Å². The van der Waals surface area contributed by atoms with Crippen molar-refractivity contribution in [1.82, 2.24) is 4.98 Å².